The average molecular weight is 302 g/mol. The monoisotopic (exact) mass is 302 g/mol. The van der Waals surface area contributed by atoms with Crippen LogP contribution in [0.1, 0.15) is 50.1 Å². The number of hydrogen-bond acceptors (Lipinski definition) is 2. The van der Waals surface area contributed by atoms with Crippen LogP contribution >= 0.6 is 12.2 Å². The molecule has 2 nitrogen and oxygen atoms in total. The number of likely N-dealkylation sites (tertiary alicyclic amines) is 1. The van der Waals surface area contributed by atoms with E-state index in [0.717, 1.165) is 18.3 Å². The fourth-order valence-electron chi connectivity index (χ4n) is 4.24. The topological polar surface area (TPSA) is 29.3 Å². The Labute approximate surface area is 133 Å². The van der Waals surface area contributed by atoms with E-state index in [1.165, 1.54) is 50.8 Å². The van der Waals surface area contributed by atoms with E-state index in [1.807, 2.05) is 0 Å². The highest BCUT2D eigenvalue weighted by molar-refractivity contribution is 7.80. The molecular formula is C18H26N2S. The highest BCUT2D eigenvalue weighted by Crippen LogP contribution is 2.39. The van der Waals surface area contributed by atoms with Crippen LogP contribution in [-0.4, -0.2) is 23.0 Å². The Hall–Kier alpha value is -0.930. The minimum Gasteiger partial charge on any atom is -0.393 e. The van der Waals surface area contributed by atoms with E-state index >= 15 is 0 Å². The highest BCUT2D eigenvalue weighted by Gasteiger charge is 2.34. The molecule has 0 aromatic heterocycles. The van der Waals surface area contributed by atoms with Crippen molar-refractivity contribution in [1.82, 2.24) is 4.90 Å². The lowest BCUT2D eigenvalue weighted by Gasteiger charge is -2.44. The van der Waals surface area contributed by atoms with Crippen LogP contribution in [0.3, 0.4) is 0 Å². The van der Waals surface area contributed by atoms with Crippen LogP contribution in [-0.2, 0) is 0 Å². The number of benzene rings is 1. The molecule has 0 bridgehead atoms. The van der Waals surface area contributed by atoms with Crippen molar-refractivity contribution in [3.05, 3.63) is 35.9 Å². The van der Waals surface area contributed by atoms with E-state index in [-0.39, 0.29) is 0 Å². The molecule has 0 spiro atoms. The summed E-state index contributed by atoms with van der Waals surface area (Å²) in [4.78, 5) is 3.27. The Kier molecular flexibility index (Phi) is 4.91. The van der Waals surface area contributed by atoms with Crippen LogP contribution in [0.2, 0.25) is 0 Å². The zero-order valence-electron chi connectivity index (χ0n) is 12.7. The second-order valence-electron chi connectivity index (χ2n) is 6.69. The number of hydrogen-bond donors (Lipinski definition) is 1. The molecule has 2 aliphatic rings. The van der Waals surface area contributed by atoms with Gasteiger partial charge in [0.1, 0.15) is 0 Å². The molecule has 2 fully saturated rings. The first kappa shape index (κ1) is 15.0. The largest absolute Gasteiger partial charge is 0.393 e. The summed E-state index contributed by atoms with van der Waals surface area (Å²) in [5, 5.41) is 0. The average Bonchev–Trinajstić information content (AvgIpc) is 2.53. The zero-order valence-corrected chi connectivity index (χ0v) is 13.5. The van der Waals surface area contributed by atoms with Crippen LogP contribution in [0.5, 0.6) is 0 Å². The minimum absolute atomic E-state index is 0.367. The van der Waals surface area contributed by atoms with Gasteiger partial charge in [-0.1, -0.05) is 61.8 Å². The summed E-state index contributed by atoms with van der Waals surface area (Å²) in [6, 6.07) is 11.1. The van der Waals surface area contributed by atoms with Crippen LogP contribution < -0.4 is 5.73 Å². The van der Waals surface area contributed by atoms with Crippen molar-refractivity contribution in [3.63, 3.8) is 0 Å². The van der Waals surface area contributed by atoms with E-state index in [9.17, 15) is 0 Å². The van der Waals surface area contributed by atoms with Gasteiger partial charge in [0.05, 0.1) is 4.99 Å². The molecule has 3 atom stereocenters. The van der Waals surface area contributed by atoms with Crippen LogP contribution in [0, 0.1) is 11.8 Å². The molecule has 0 radical (unpaired) electrons. The lowest BCUT2D eigenvalue weighted by Crippen LogP contribution is -2.44. The van der Waals surface area contributed by atoms with E-state index in [4.69, 9.17) is 18.0 Å². The van der Waals surface area contributed by atoms with Gasteiger partial charge >= 0.3 is 0 Å². The number of rotatable bonds is 4. The third kappa shape index (κ3) is 3.64. The van der Waals surface area contributed by atoms with Gasteiger partial charge in [0.2, 0.25) is 0 Å². The predicted octanol–water partition coefficient (Wildman–Crippen LogP) is 3.92. The number of thiocarbonyl (C=S) groups is 1. The van der Waals surface area contributed by atoms with E-state index in [1.54, 1.807) is 0 Å². The second-order valence-corrected chi connectivity index (χ2v) is 7.21. The first-order valence-electron chi connectivity index (χ1n) is 8.31. The normalized spacial score (nSPS) is 27.8. The van der Waals surface area contributed by atoms with Gasteiger partial charge in [-0.25, -0.2) is 0 Å². The Bertz CT molecular complexity index is 473. The third-order valence-electron chi connectivity index (χ3n) is 5.34. The molecule has 1 aliphatic carbocycles. The van der Waals surface area contributed by atoms with E-state index in [0.29, 0.717) is 11.0 Å². The highest BCUT2D eigenvalue weighted by atomic mass is 32.1. The van der Waals surface area contributed by atoms with Gasteiger partial charge in [0.15, 0.2) is 0 Å². The maximum atomic E-state index is 5.87. The van der Waals surface area contributed by atoms with Crippen molar-refractivity contribution in [1.29, 1.82) is 0 Å². The Morgan fingerprint density at radius 2 is 1.86 bits per heavy atom. The Balaban J connectivity index is 1.75. The van der Waals surface area contributed by atoms with Crippen molar-refractivity contribution in [2.75, 3.05) is 13.1 Å². The predicted molar refractivity (Wildman–Crippen MR) is 92.2 cm³/mol. The molecule has 1 aromatic carbocycles. The summed E-state index contributed by atoms with van der Waals surface area (Å²) < 4.78 is 0. The number of nitrogens with two attached hydrogens (primary N) is 1. The summed E-state index contributed by atoms with van der Waals surface area (Å²) in [5.41, 5.74) is 7.23. The number of fused-ring (bicyclic) bond motifs is 1. The molecule has 3 rings (SSSR count). The Morgan fingerprint density at radius 1 is 1.14 bits per heavy atom. The summed E-state index contributed by atoms with van der Waals surface area (Å²) in [6.07, 6.45) is 7.87. The van der Waals surface area contributed by atoms with E-state index < -0.39 is 0 Å². The van der Waals surface area contributed by atoms with Crippen LogP contribution in [0.25, 0.3) is 0 Å². The molecular weight excluding hydrogens is 276 g/mol. The number of nitrogens with zero attached hydrogens (tertiary/aromatic N) is 1. The van der Waals surface area contributed by atoms with Gasteiger partial charge in [-0.3, -0.25) is 4.90 Å². The summed E-state index contributed by atoms with van der Waals surface area (Å²) in [7, 11) is 0. The first-order valence-corrected chi connectivity index (χ1v) is 8.72. The van der Waals surface area contributed by atoms with Crippen molar-refractivity contribution in [2.24, 2.45) is 17.6 Å². The van der Waals surface area contributed by atoms with Crippen molar-refractivity contribution < 1.29 is 0 Å². The molecule has 21 heavy (non-hydrogen) atoms. The molecule has 3 heteroatoms. The SMILES string of the molecule is NC(=S)CC(c1ccccc1)N1CCC2CCCCC2C1. The molecule has 1 saturated heterocycles. The lowest BCUT2D eigenvalue weighted by molar-refractivity contribution is 0.0583. The Morgan fingerprint density at radius 3 is 2.57 bits per heavy atom. The van der Waals surface area contributed by atoms with Crippen LogP contribution in [0.15, 0.2) is 30.3 Å². The molecule has 1 saturated carbocycles. The summed E-state index contributed by atoms with van der Waals surface area (Å²) in [6.45, 7) is 2.43. The summed E-state index contributed by atoms with van der Waals surface area (Å²) >= 11 is 5.21. The molecule has 0 amide bonds. The fourth-order valence-corrected chi connectivity index (χ4v) is 4.39. The molecule has 3 unspecified atom stereocenters. The quantitative estimate of drug-likeness (QED) is 0.855. The van der Waals surface area contributed by atoms with Crippen molar-refractivity contribution >= 4 is 17.2 Å². The van der Waals surface area contributed by atoms with E-state index in [2.05, 4.69) is 35.2 Å². The molecule has 2 N–H and O–H groups in total. The standard InChI is InChI=1S/C18H26N2S/c19-18(21)12-17(15-7-2-1-3-8-15)20-11-10-14-6-4-5-9-16(14)13-20/h1-3,7-8,14,16-17H,4-6,9-13H2,(H2,19,21). The lowest BCUT2D eigenvalue weighted by atomic mass is 9.74. The van der Waals surface area contributed by atoms with Gasteiger partial charge in [-0.15, -0.1) is 0 Å². The molecule has 1 heterocycles. The smallest absolute Gasteiger partial charge is 0.0746 e. The second kappa shape index (κ2) is 6.89. The third-order valence-corrected chi connectivity index (χ3v) is 5.51. The molecule has 1 aliphatic heterocycles. The fraction of sp³-hybridized carbons (Fsp3) is 0.611. The van der Waals surface area contributed by atoms with Crippen LogP contribution in [0.4, 0.5) is 0 Å². The maximum absolute atomic E-state index is 5.87. The van der Waals surface area contributed by atoms with Crippen molar-refractivity contribution in [3.8, 4) is 0 Å². The molecule has 1 aromatic rings. The van der Waals surface area contributed by atoms with Gasteiger partial charge in [-0.05, 0) is 36.8 Å². The number of piperidine rings is 1. The first-order chi connectivity index (χ1) is 10.2. The minimum atomic E-state index is 0.367. The molecule has 114 valence electrons. The zero-order chi connectivity index (χ0) is 14.7. The van der Waals surface area contributed by atoms with Gasteiger partial charge in [0.25, 0.3) is 0 Å². The van der Waals surface area contributed by atoms with Gasteiger partial charge < -0.3 is 5.73 Å². The van der Waals surface area contributed by atoms with Gasteiger partial charge in [-0.2, -0.15) is 0 Å². The maximum Gasteiger partial charge on any atom is 0.0746 e. The van der Waals surface area contributed by atoms with Gasteiger partial charge in [0, 0.05) is 19.0 Å². The summed E-state index contributed by atoms with van der Waals surface area (Å²) in [5.74, 6) is 1.86. The van der Waals surface area contributed by atoms with Crippen molar-refractivity contribution in [2.45, 2.75) is 44.6 Å².